The van der Waals surface area contributed by atoms with Gasteiger partial charge in [-0.25, -0.2) is 4.98 Å². The Kier molecular flexibility index (Phi) is 2.18. The summed E-state index contributed by atoms with van der Waals surface area (Å²) >= 11 is 0.704. The van der Waals surface area contributed by atoms with Crippen molar-refractivity contribution in [1.29, 1.82) is 0 Å². The van der Waals surface area contributed by atoms with Crippen molar-refractivity contribution in [2.75, 3.05) is 0 Å². The summed E-state index contributed by atoms with van der Waals surface area (Å²) in [5.74, 6) is -1.82. The van der Waals surface area contributed by atoms with E-state index < -0.39 is 12.0 Å². The molecule has 1 aromatic heterocycles. The van der Waals surface area contributed by atoms with Crippen molar-refractivity contribution in [2.24, 2.45) is 0 Å². The summed E-state index contributed by atoms with van der Waals surface area (Å²) in [6, 6.07) is 0. The van der Waals surface area contributed by atoms with Gasteiger partial charge in [-0.3, -0.25) is 4.79 Å². The molecule has 0 aliphatic rings. The van der Waals surface area contributed by atoms with Crippen LogP contribution >= 0.6 is 11.3 Å². The maximum atomic E-state index is 11.8. The van der Waals surface area contributed by atoms with Crippen LogP contribution in [0.2, 0.25) is 0 Å². The van der Waals surface area contributed by atoms with E-state index in [1.165, 1.54) is 12.4 Å². The number of carbonyl (C=O) groups excluding carboxylic acids is 1. The Bertz CT molecular complexity index is 304. The fourth-order valence-electron chi connectivity index (χ4n) is 0.649. The van der Waals surface area contributed by atoms with Crippen LogP contribution in [0, 0.1) is 6.92 Å². The number of alkyl halides is 3. The molecule has 66 valence electrons. The minimum Gasteiger partial charge on any atom is -0.283 e. The van der Waals surface area contributed by atoms with E-state index in [1.54, 1.807) is 0 Å². The Morgan fingerprint density at radius 3 is 2.50 bits per heavy atom. The van der Waals surface area contributed by atoms with Crippen LogP contribution in [-0.2, 0) is 0 Å². The number of aryl methyl sites for hydroxylation is 1. The summed E-state index contributed by atoms with van der Waals surface area (Å²) in [5, 5.41) is 0. The van der Waals surface area contributed by atoms with Gasteiger partial charge in [0.25, 0.3) is 5.78 Å². The molecule has 0 amide bonds. The molecule has 1 rings (SSSR count). The molecule has 0 atom stereocenters. The molecule has 0 spiro atoms. The van der Waals surface area contributed by atoms with Gasteiger partial charge < -0.3 is 0 Å². The molecule has 1 heterocycles. The Morgan fingerprint density at radius 2 is 2.17 bits per heavy atom. The molecule has 0 bridgehead atoms. The number of hydrogen-bond acceptors (Lipinski definition) is 3. The Morgan fingerprint density at radius 1 is 1.58 bits per heavy atom. The number of hydrogen-bond donors (Lipinski definition) is 0. The van der Waals surface area contributed by atoms with Crippen LogP contribution in [0.25, 0.3) is 0 Å². The summed E-state index contributed by atoms with van der Waals surface area (Å²) < 4.78 is 35.5. The van der Waals surface area contributed by atoms with Crippen molar-refractivity contribution in [2.45, 2.75) is 13.1 Å². The molecule has 0 N–H and O–H groups in total. The van der Waals surface area contributed by atoms with Gasteiger partial charge in [0.2, 0.25) is 0 Å². The number of nitrogens with zero attached hydrogens (tertiary/aromatic N) is 1. The van der Waals surface area contributed by atoms with Gasteiger partial charge in [-0.05, 0) is 6.92 Å². The minimum absolute atomic E-state index is 0.127. The first-order valence-electron chi connectivity index (χ1n) is 2.94. The number of ketones is 1. The van der Waals surface area contributed by atoms with Gasteiger partial charge in [0.15, 0.2) is 0 Å². The summed E-state index contributed by atoms with van der Waals surface area (Å²) in [4.78, 5) is 13.8. The zero-order valence-electron chi connectivity index (χ0n) is 5.97. The number of aromatic nitrogens is 1. The number of Topliss-reactive ketones (excluding diaryl/α,β-unsaturated/α-hetero) is 1. The highest BCUT2D eigenvalue weighted by molar-refractivity contribution is 7.12. The van der Waals surface area contributed by atoms with E-state index in [0.29, 0.717) is 11.3 Å². The predicted molar refractivity (Wildman–Crippen MR) is 37.2 cm³/mol. The van der Waals surface area contributed by atoms with E-state index in [0.717, 1.165) is 0 Å². The highest BCUT2D eigenvalue weighted by Crippen LogP contribution is 2.25. The number of carbonyl (C=O) groups is 1. The van der Waals surface area contributed by atoms with E-state index in [9.17, 15) is 18.0 Å². The standard InChI is InChI=1S/C6H4F3NOS/c1-3-4(12-2-10-3)5(11)6(7,8)9/h2H,1H3. The molecule has 0 radical (unpaired) electrons. The van der Waals surface area contributed by atoms with Crippen molar-refractivity contribution >= 4 is 17.1 Å². The van der Waals surface area contributed by atoms with Gasteiger partial charge in [-0.2, -0.15) is 13.2 Å². The quantitative estimate of drug-likeness (QED) is 0.643. The average Bonchev–Trinajstić information content (AvgIpc) is 2.31. The maximum absolute atomic E-state index is 11.8. The Labute approximate surface area is 70.0 Å². The normalized spacial score (nSPS) is 11.7. The first-order valence-corrected chi connectivity index (χ1v) is 3.82. The monoisotopic (exact) mass is 195 g/mol. The van der Waals surface area contributed by atoms with Crippen LogP contribution in [0.5, 0.6) is 0 Å². The molecule has 0 aliphatic carbocycles. The van der Waals surface area contributed by atoms with Gasteiger partial charge in [0.05, 0.1) is 11.2 Å². The second kappa shape index (κ2) is 2.85. The lowest BCUT2D eigenvalue weighted by Crippen LogP contribution is -2.22. The van der Waals surface area contributed by atoms with Crippen LogP contribution in [0.4, 0.5) is 13.2 Å². The summed E-state index contributed by atoms with van der Waals surface area (Å²) in [6.07, 6.45) is -4.79. The van der Waals surface area contributed by atoms with Crippen LogP contribution < -0.4 is 0 Å². The van der Waals surface area contributed by atoms with Crippen LogP contribution in [0.15, 0.2) is 5.51 Å². The van der Waals surface area contributed by atoms with Gasteiger partial charge in [-0.15, -0.1) is 11.3 Å². The molecule has 2 nitrogen and oxygen atoms in total. The first kappa shape index (κ1) is 9.18. The van der Waals surface area contributed by atoms with Crippen molar-refractivity contribution in [3.63, 3.8) is 0 Å². The molecule has 0 saturated heterocycles. The van der Waals surface area contributed by atoms with Crippen LogP contribution in [0.3, 0.4) is 0 Å². The third-order valence-corrected chi connectivity index (χ3v) is 2.14. The Hall–Kier alpha value is -0.910. The van der Waals surface area contributed by atoms with Crippen molar-refractivity contribution in [3.8, 4) is 0 Å². The number of halogens is 3. The molecular weight excluding hydrogens is 191 g/mol. The second-order valence-electron chi connectivity index (χ2n) is 2.09. The molecular formula is C6H4F3NOS. The van der Waals surface area contributed by atoms with Gasteiger partial charge >= 0.3 is 6.18 Å². The summed E-state index contributed by atoms with van der Waals surface area (Å²) in [7, 11) is 0. The average molecular weight is 195 g/mol. The number of thiazole rings is 1. The van der Waals surface area contributed by atoms with Crippen molar-refractivity contribution < 1.29 is 18.0 Å². The predicted octanol–water partition coefficient (Wildman–Crippen LogP) is 2.20. The van der Waals surface area contributed by atoms with Gasteiger partial charge in [-0.1, -0.05) is 0 Å². The van der Waals surface area contributed by atoms with Crippen molar-refractivity contribution in [3.05, 3.63) is 16.1 Å². The molecule has 0 unspecified atom stereocenters. The topological polar surface area (TPSA) is 30.0 Å². The van der Waals surface area contributed by atoms with Crippen molar-refractivity contribution in [1.82, 2.24) is 4.98 Å². The van der Waals surface area contributed by atoms with Crippen LogP contribution in [0.1, 0.15) is 15.4 Å². The fraction of sp³-hybridized carbons (Fsp3) is 0.333. The second-order valence-corrected chi connectivity index (χ2v) is 2.95. The lowest BCUT2D eigenvalue weighted by Gasteiger charge is -2.01. The lowest BCUT2D eigenvalue weighted by molar-refractivity contribution is -0.0883. The van der Waals surface area contributed by atoms with Crippen LogP contribution in [-0.4, -0.2) is 16.9 Å². The maximum Gasteiger partial charge on any atom is 0.455 e. The largest absolute Gasteiger partial charge is 0.455 e. The lowest BCUT2D eigenvalue weighted by atomic mass is 10.3. The molecule has 0 aromatic carbocycles. The first-order chi connectivity index (χ1) is 5.43. The fourth-order valence-corrected chi connectivity index (χ4v) is 1.41. The summed E-state index contributed by atoms with van der Waals surface area (Å²) in [5.41, 5.74) is 1.34. The van der Waals surface area contributed by atoms with E-state index in [-0.39, 0.29) is 10.6 Å². The van der Waals surface area contributed by atoms with E-state index >= 15 is 0 Å². The zero-order valence-corrected chi connectivity index (χ0v) is 6.79. The molecule has 0 saturated carbocycles. The van der Waals surface area contributed by atoms with Gasteiger partial charge in [0.1, 0.15) is 4.88 Å². The van der Waals surface area contributed by atoms with E-state index in [1.807, 2.05) is 0 Å². The minimum atomic E-state index is -4.79. The highest BCUT2D eigenvalue weighted by Gasteiger charge is 2.40. The molecule has 1 aromatic rings. The zero-order chi connectivity index (χ0) is 9.35. The molecule has 6 heteroatoms. The third kappa shape index (κ3) is 1.63. The number of rotatable bonds is 1. The molecule has 0 aliphatic heterocycles. The smallest absolute Gasteiger partial charge is 0.283 e. The van der Waals surface area contributed by atoms with E-state index in [2.05, 4.69) is 4.98 Å². The SMILES string of the molecule is Cc1ncsc1C(=O)C(F)(F)F. The van der Waals surface area contributed by atoms with Gasteiger partial charge in [0, 0.05) is 0 Å². The van der Waals surface area contributed by atoms with E-state index in [4.69, 9.17) is 0 Å². The third-order valence-electron chi connectivity index (χ3n) is 1.21. The Balaban J connectivity index is 3.01. The summed E-state index contributed by atoms with van der Waals surface area (Å²) in [6.45, 7) is 1.37. The molecule has 12 heavy (non-hydrogen) atoms. The molecule has 0 fully saturated rings. The highest BCUT2D eigenvalue weighted by atomic mass is 32.1.